The van der Waals surface area contributed by atoms with Crippen molar-refractivity contribution in [2.24, 2.45) is 0 Å². The Morgan fingerprint density at radius 3 is 2.55 bits per heavy atom. The zero-order valence-electron chi connectivity index (χ0n) is 16.7. The van der Waals surface area contributed by atoms with E-state index in [4.69, 9.17) is 23.4 Å². The fourth-order valence-electron chi connectivity index (χ4n) is 2.78. The molecular weight excluding hydrogens is 376 g/mol. The van der Waals surface area contributed by atoms with Gasteiger partial charge in [-0.25, -0.2) is 4.79 Å². The van der Waals surface area contributed by atoms with Crippen LogP contribution in [0.25, 0.3) is 11.0 Å². The monoisotopic (exact) mass is 398 g/mol. The van der Waals surface area contributed by atoms with Crippen LogP contribution in [0.5, 0.6) is 23.0 Å². The molecule has 3 aromatic rings. The number of hydrogen-bond acceptors (Lipinski definition) is 7. The second-order valence-electron chi connectivity index (χ2n) is 6.24. The third-order valence-electron chi connectivity index (χ3n) is 4.20. The summed E-state index contributed by atoms with van der Waals surface area (Å²) in [4.78, 5) is 24.7. The third-order valence-corrected chi connectivity index (χ3v) is 4.20. The Hall–Kier alpha value is -3.48. The minimum absolute atomic E-state index is 0.0792. The van der Waals surface area contributed by atoms with Gasteiger partial charge in [-0.2, -0.15) is 0 Å². The van der Waals surface area contributed by atoms with Crippen LogP contribution in [-0.2, 0) is 9.53 Å². The molecular formula is C22H22O7. The molecule has 2 aromatic carbocycles. The predicted octanol–water partition coefficient (Wildman–Crippen LogP) is 4.23. The van der Waals surface area contributed by atoms with Gasteiger partial charge in [0.25, 0.3) is 0 Å². The lowest BCUT2D eigenvalue weighted by Gasteiger charge is -2.14. The van der Waals surface area contributed by atoms with Gasteiger partial charge in [0.1, 0.15) is 17.1 Å². The number of para-hydroxylation sites is 2. The minimum Gasteiger partial charge on any atom is -0.493 e. The number of methoxy groups -OCH3 is 1. The Morgan fingerprint density at radius 1 is 1.14 bits per heavy atom. The first kappa shape index (κ1) is 20.3. The molecule has 0 bridgehead atoms. The van der Waals surface area contributed by atoms with Crippen molar-refractivity contribution in [2.45, 2.75) is 26.9 Å². The number of ether oxygens (including phenoxy) is 4. The number of aryl methyl sites for hydroxylation is 1. The first-order chi connectivity index (χ1) is 13.9. The van der Waals surface area contributed by atoms with Crippen LogP contribution in [0.1, 0.15) is 19.6 Å². The highest BCUT2D eigenvalue weighted by molar-refractivity contribution is 5.80. The van der Waals surface area contributed by atoms with Gasteiger partial charge in [0.15, 0.2) is 17.6 Å². The summed E-state index contributed by atoms with van der Waals surface area (Å²) in [5.74, 6) is 1.22. The maximum absolute atomic E-state index is 12.9. The van der Waals surface area contributed by atoms with Gasteiger partial charge in [0.05, 0.1) is 19.1 Å². The van der Waals surface area contributed by atoms with E-state index in [1.807, 2.05) is 0 Å². The van der Waals surface area contributed by atoms with E-state index in [1.165, 1.54) is 7.11 Å². The van der Waals surface area contributed by atoms with Crippen molar-refractivity contribution in [3.8, 4) is 23.0 Å². The van der Waals surface area contributed by atoms with Crippen molar-refractivity contribution < 1.29 is 28.2 Å². The molecule has 7 heteroatoms. The fraction of sp³-hybridized carbons (Fsp3) is 0.273. The fourth-order valence-corrected chi connectivity index (χ4v) is 2.78. The summed E-state index contributed by atoms with van der Waals surface area (Å²) in [5.41, 5.74) is 0.00748. The average Bonchev–Trinajstić information content (AvgIpc) is 2.71. The predicted molar refractivity (Wildman–Crippen MR) is 107 cm³/mol. The first-order valence-electron chi connectivity index (χ1n) is 9.16. The van der Waals surface area contributed by atoms with E-state index in [-0.39, 0.29) is 17.8 Å². The number of rotatable bonds is 7. The van der Waals surface area contributed by atoms with Gasteiger partial charge in [0.2, 0.25) is 11.2 Å². The number of esters is 1. The van der Waals surface area contributed by atoms with Gasteiger partial charge < -0.3 is 23.4 Å². The molecule has 29 heavy (non-hydrogen) atoms. The van der Waals surface area contributed by atoms with Crippen LogP contribution in [-0.4, -0.2) is 25.8 Å². The molecule has 0 saturated carbocycles. The summed E-state index contributed by atoms with van der Waals surface area (Å²) in [5, 5.41) is 0.330. The quantitative estimate of drug-likeness (QED) is 0.551. The van der Waals surface area contributed by atoms with Gasteiger partial charge in [-0.15, -0.1) is 0 Å². The molecule has 0 aliphatic heterocycles. The lowest BCUT2D eigenvalue weighted by molar-refractivity contribution is -0.150. The highest BCUT2D eigenvalue weighted by Gasteiger charge is 2.19. The van der Waals surface area contributed by atoms with Gasteiger partial charge in [0, 0.05) is 6.07 Å². The number of carbonyl (C=O) groups excluding carboxylic acids is 1. The molecule has 0 amide bonds. The first-order valence-corrected chi connectivity index (χ1v) is 9.16. The molecule has 7 nitrogen and oxygen atoms in total. The zero-order valence-corrected chi connectivity index (χ0v) is 16.7. The van der Waals surface area contributed by atoms with E-state index in [0.717, 1.165) is 0 Å². The molecule has 0 spiro atoms. The van der Waals surface area contributed by atoms with E-state index in [1.54, 1.807) is 63.2 Å². The van der Waals surface area contributed by atoms with Crippen molar-refractivity contribution >= 4 is 16.9 Å². The molecule has 0 fully saturated rings. The lowest BCUT2D eigenvalue weighted by atomic mass is 10.2. The number of fused-ring (bicyclic) bond motifs is 1. The van der Waals surface area contributed by atoms with Crippen LogP contribution < -0.4 is 19.6 Å². The van der Waals surface area contributed by atoms with Crippen LogP contribution in [0.15, 0.2) is 51.7 Å². The van der Waals surface area contributed by atoms with Crippen LogP contribution in [0.3, 0.4) is 0 Å². The molecule has 1 atom stereocenters. The van der Waals surface area contributed by atoms with Gasteiger partial charge in [-0.3, -0.25) is 4.79 Å². The molecule has 1 heterocycles. The number of hydrogen-bond donors (Lipinski definition) is 0. The van der Waals surface area contributed by atoms with Gasteiger partial charge >= 0.3 is 5.97 Å². The largest absolute Gasteiger partial charge is 0.493 e. The molecule has 0 radical (unpaired) electrons. The van der Waals surface area contributed by atoms with Crippen LogP contribution in [0.4, 0.5) is 0 Å². The molecule has 0 N–H and O–H groups in total. The Kier molecular flexibility index (Phi) is 6.07. The Balaban J connectivity index is 1.94. The number of benzene rings is 2. The standard InChI is InChI=1S/C22H22O7/c1-5-26-22(24)14(3)27-15-10-11-16-19(12-15)28-13(2)21(20(16)23)29-18-9-7-6-8-17(18)25-4/h6-12,14H,5H2,1-4H3. The van der Waals surface area contributed by atoms with Crippen molar-refractivity contribution in [2.75, 3.05) is 13.7 Å². The highest BCUT2D eigenvalue weighted by Crippen LogP contribution is 2.32. The second-order valence-corrected chi connectivity index (χ2v) is 6.24. The van der Waals surface area contributed by atoms with Crippen molar-refractivity contribution in [3.63, 3.8) is 0 Å². The van der Waals surface area contributed by atoms with E-state index in [2.05, 4.69) is 0 Å². The summed E-state index contributed by atoms with van der Waals surface area (Å²) in [7, 11) is 1.52. The summed E-state index contributed by atoms with van der Waals surface area (Å²) in [6.07, 6.45) is -0.784. The molecule has 0 saturated heterocycles. The second kappa shape index (κ2) is 8.68. The van der Waals surface area contributed by atoms with E-state index in [0.29, 0.717) is 34.0 Å². The Morgan fingerprint density at radius 2 is 1.86 bits per heavy atom. The molecule has 1 unspecified atom stereocenters. The highest BCUT2D eigenvalue weighted by atomic mass is 16.6. The summed E-state index contributed by atoms with van der Waals surface area (Å²) < 4.78 is 27.4. The summed E-state index contributed by atoms with van der Waals surface area (Å²) >= 11 is 0. The maximum Gasteiger partial charge on any atom is 0.347 e. The van der Waals surface area contributed by atoms with Crippen molar-refractivity contribution in [1.29, 1.82) is 0 Å². The summed E-state index contributed by atoms with van der Waals surface area (Å²) in [6, 6.07) is 11.8. The normalized spacial score (nSPS) is 11.7. The van der Waals surface area contributed by atoms with Gasteiger partial charge in [-0.05, 0) is 45.0 Å². The molecule has 0 aliphatic rings. The minimum atomic E-state index is -0.784. The topological polar surface area (TPSA) is 84.2 Å². The van der Waals surface area contributed by atoms with Gasteiger partial charge in [-0.1, -0.05) is 12.1 Å². The molecule has 0 aliphatic carbocycles. The molecule has 1 aromatic heterocycles. The Bertz CT molecular complexity index is 1080. The Labute approximate surface area is 167 Å². The van der Waals surface area contributed by atoms with E-state index in [9.17, 15) is 9.59 Å². The average molecular weight is 398 g/mol. The van der Waals surface area contributed by atoms with Crippen LogP contribution in [0, 0.1) is 6.92 Å². The van der Waals surface area contributed by atoms with Crippen LogP contribution >= 0.6 is 0 Å². The zero-order chi connectivity index (χ0) is 21.0. The number of carbonyl (C=O) groups is 1. The maximum atomic E-state index is 12.9. The molecule has 152 valence electrons. The smallest absolute Gasteiger partial charge is 0.347 e. The van der Waals surface area contributed by atoms with E-state index >= 15 is 0 Å². The van der Waals surface area contributed by atoms with E-state index < -0.39 is 12.1 Å². The SMILES string of the molecule is CCOC(=O)C(C)Oc1ccc2c(=O)c(Oc3ccccc3OC)c(C)oc2c1. The lowest BCUT2D eigenvalue weighted by Crippen LogP contribution is -2.26. The third kappa shape index (κ3) is 4.34. The van der Waals surface area contributed by atoms with Crippen molar-refractivity contribution in [1.82, 2.24) is 0 Å². The van der Waals surface area contributed by atoms with Crippen molar-refractivity contribution in [3.05, 3.63) is 58.4 Å². The molecule has 3 rings (SSSR count). The van der Waals surface area contributed by atoms with Crippen LogP contribution in [0.2, 0.25) is 0 Å². The summed E-state index contributed by atoms with van der Waals surface area (Å²) in [6.45, 7) is 5.23.